The van der Waals surface area contributed by atoms with Crippen LogP contribution in [0.5, 0.6) is 11.5 Å². The van der Waals surface area contributed by atoms with Gasteiger partial charge in [-0.25, -0.2) is 0 Å². The summed E-state index contributed by atoms with van der Waals surface area (Å²) in [5.74, 6) is 0.520. The molecule has 1 N–H and O–H groups in total. The largest absolute Gasteiger partial charge is 0.493 e. The van der Waals surface area contributed by atoms with E-state index >= 15 is 0 Å². The van der Waals surface area contributed by atoms with Gasteiger partial charge in [-0.2, -0.15) is 0 Å². The van der Waals surface area contributed by atoms with Gasteiger partial charge in [0.25, 0.3) is 0 Å². The summed E-state index contributed by atoms with van der Waals surface area (Å²) in [7, 11) is 1.52. The lowest BCUT2D eigenvalue weighted by molar-refractivity contribution is -0.132. The van der Waals surface area contributed by atoms with E-state index in [-0.39, 0.29) is 5.91 Å². The molecule has 0 radical (unpaired) electrons. The third kappa shape index (κ3) is 15.0. The number of methoxy groups -OCH3 is 1. The van der Waals surface area contributed by atoms with Crippen LogP contribution in [0.2, 0.25) is 0 Å². The Bertz CT molecular complexity index is 739. The highest BCUT2D eigenvalue weighted by Gasteiger charge is 2.09. The fourth-order valence-electron chi connectivity index (χ4n) is 3.45. The first-order valence-electron chi connectivity index (χ1n) is 12.5. The lowest BCUT2D eigenvalue weighted by Gasteiger charge is -2.11. The van der Waals surface area contributed by atoms with Gasteiger partial charge in [-0.15, -0.1) is 0 Å². The van der Waals surface area contributed by atoms with Crippen molar-refractivity contribution in [3.05, 3.63) is 48.1 Å². The molecule has 0 spiro atoms. The summed E-state index contributed by atoms with van der Waals surface area (Å²) in [5.41, 5.74) is 0.899. The maximum absolute atomic E-state index is 12.1. The predicted octanol–water partition coefficient (Wildman–Crippen LogP) is 7.05. The van der Waals surface area contributed by atoms with Crippen molar-refractivity contribution in [2.45, 2.75) is 97.4 Å². The molecule has 1 amide bonds. The molecular formula is C28H43NO4. The molecular weight excluding hydrogens is 414 g/mol. The minimum atomic E-state index is -0.397. The zero-order valence-corrected chi connectivity index (χ0v) is 20.9. The van der Waals surface area contributed by atoms with Crippen LogP contribution in [0.3, 0.4) is 0 Å². The lowest BCUT2D eigenvalue weighted by atomic mass is 10.1. The summed E-state index contributed by atoms with van der Waals surface area (Å²) in [6, 6.07) is 5.28. The van der Waals surface area contributed by atoms with Crippen molar-refractivity contribution >= 4 is 11.9 Å². The monoisotopic (exact) mass is 457 g/mol. The van der Waals surface area contributed by atoms with Crippen LogP contribution in [-0.2, 0) is 16.1 Å². The normalized spacial score (nSPS) is 11.2. The molecule has 184 valence electrons. The Kier molecular flexibility index (Phi) is 16.4. The first kappa shape index (κ1) is 28.5. The van der Waals surface area contributed by atoms with E-state index in [1.807, 2.05) is 6.07 Å². The van der Waals surface area contributed by atoms with Crippen molar-refractivity contribution in [2.24, 2.45) is 0 Å². The number of ether oxygens (including phenoxy) is 2. The molecule has 0 atom stereocenters. The summed E-state index contributed by atoms with van der Waals surface area (Å²) in [4.78, 5) is 23.2. The highest BCUT2D eigenvalue weighted by molar-refractivity contribution is 5.75. The molecule has 0 aromatic heterocycles. The van der Waals surface area contributed by atoms with Crippen LogP contribution in [-0.4, -0.2) is 19.0 Å². The number of unbranched alkanes of at least 4 members (excludes halogenated alkanes) is 8. The van der Waals surface area contributed by atoms with Gasteiger partial charge in [0.15, 0.2) is 11.5 Å². The summed E-state index contributed by atoms with van der Waals surface area (Å²) < 4.78 is 10.4. The molecule has 1 aromatic carbocycles. The van der Waals surface area contributed by atoms with E-state index in [0.29, 0.717) is 24.5 Å². The van der Waals surface area contributed by atoms with Crippen molar-refractivity contribution in [3.8, 4) is 11.5 Å². The molecule has 0 aliphatic rings. The molecule has 0 aliphatic heterocycles. The maximum Gasteiger partial charge on any atom is 0.308 e. The second-order valence-electron chi connectivity index (χ2n) is 8.34. The first-order chi connectivity index (χ1) is 16.1. The number of esters is 1. The Hall–Kier alpha value is -2.56. The predicted molar refractivity (Wildman–Crippen MR) is 136 cm³/mol. The summed E-state index contributed by atoms with van der Waals surface area (Å²) in [6.45, 7) is 4.01. The van der Waals surface area contributed by atoms with Gasteiger partial charge in [0, 0.05) is 19.9 Å². The van der Waals surface area contributed by atoms with E-state index in [9.17, 15) is 9.59 Å². The third-order valence-electron chi connectivity index (χ3n) is 5.33. The number of benzene rings is 1. The number of hydrogen-bond acceptors (Lipinski definition) is 4. The number of rotatable bonds is 18. The molecule has 0 saturated carbocycles. The molecule has 0 aliphatic carbocycles. The zero-order valence-electron chi connectivity index (χ0n) is 20.9. The van der Waals surface area contributed by atoms with Crippen LogP contribution in [0.15, 0.2) is 42.5 Å². The van der Waals surface area contributed by atoms with Crippen LogP contribution in [0.4, 0.5) is 0 Å². The van der Waals surface area contributed by atoms with Crippen LogP contribution in [0, 0.1) is 0 Å². The van der Waals surface area contributed by atoms with E-state index in [0.717, 1.165) is 31.2 Å². The molecule has 5 nitrogen and oxygen atoms in total. The quantitative estimate of drug-likeness (QED) is 0.111. The summed E-state index contributed by atoms with van der Waals surface area (Å²) in [6.07, 6.45) is 22.6. The Balaban J connectivity index is 2.06. The number of amides is 1. The van der Waals surface area contributed by atoms with Gasteiger partial charge in [0.1, 0.15) is 0 Å². The highest BCUT2D eigenvalue weighted by atomic mass is 16.6. The van der Waals surface area contributed by atoms with Crippen LogP contribution >= 0.6 is 0 Å². The van der Waals surface area contributed by atoms with Gasteiger partial charge >= 0.3 is 5.97 Å². The number of hydrogen-bond donors (Lipinski definition) is 1. The van der Waals surface area contributed by atoms with Crippen molar-refractivity contribution in [3.63, 3.8) is 0 Å². The average molecular weight is 458 g/mol. The van der Waals surface area contributed by atoms with Gasteiger partial charge in [0.05, 0.1) is 7.11 Å². The van der Waals surface area contributed by atoms with Crippen molar-refractivity contribution in [1.82, 2.24) is 5.32 Å². The number of nitrogens with one attached hydrogen (secondary N) is 1. The van der Waals surface area contributed by atoms with E-state index in [1.165, 1.54) is 59.0 Å². The molecule has 1 rings (SSSR count). The Morgan fingerprint density at radius 1 is 0.879 bits per heavy atom. The SMILES string of the molecule is CCCCCC=CCC=CCCCCCCCC(=O)NCc1ccc(OC(C)=O)c(OC)c1. The standard InChI is InChI=1S/C28H43NO4/c1-4-5-6-7-8-9-10-11-12-13-14-15-16-17-18-19-28(31)29-23-25-20-21-26(33-24(2)30)27(22-25)32-3/h8-9,11-12,20-22H,4-7,10,13-19,23H2,1-3H3,(H,29,31). The fraction of sp³-hybridized carbons (Fsp3) is 0.571. The van der Waals surface area contributed by atoms with E-state index < -0.39 is 5.97 Å². The molecule has 33 heavy (non-hydrogen) atoms. The Morgan fingerprint density at radius 2 is 1.55 bits per heavy atom. The van der Waals surface area contributed by atoms with E-state index in [1.54, 1.807) is 12.1 Å². The van der Waals surface area contributed by atoms with Crippen LogP contribution in [0.25, 0.3) is 0 Å². The molecule has 0 bridgehead atoms. The molecule has 0 heterocycles. The maximum atomic E-state index is 12.1. The lowest BCUT2D eigenvalue weighted by Crippen LogP contribution is -2.22. The van der Waals surface area contributed by atoms with Gasteiger partial charge < -0.3 is 14.8 Å². The molecule has 5 heteroatoms. The minimum absolute atomic E-state index is 0.0590. The van der Waals surface area contributed by atoms with Gasteiger partial charge in [0.2, 0.25) is 5.91 Å². The Labute approximate surface area is 200 Å². The number of carbonyl (C=O) groups excluding carboxylic acids is 2. The smallest absolute Gasteiger partial charge is 0.308 e. The summed E-state index contributed by atoms with van der Waals surface area (Å²) in [5, 5.41) is 2.94. The fourth-order valence-corrected chi connectivity index (χ4v) is 3.45. The molecule has 1 aromatic rings. The number of carbonyl (C=O) groups is 2. The van der Waals surface area contributed by atoms with E-state index in [2.05, 4.69) is 36.5 Å². The topological polar surface area (TPSA) is 64.6 Å². The van der Waals surface area contributed by atoms with Gasteiger partial charge in [-0.1, -0.05) is 69.4 Å². The van der Waals surface area contributed by atoms with Gasteiger partial charge in [-0.3, -0.25) is 9.59 Å². The van der Waals surface area contributed by atoms with Crippen molar-refractivity contribution in [1.29, 1.82) is 0 Å². The van der Waals surface area contributed by atoms with E-state index in [4.69, 9.17) is 9.47 Å². The minimum Gasteiger partial charge on any atom is -0.493 e. The molecule has 0 unspecified atom stereocenters. The van der Waals surface area contributed by atoms with Gasteiger partial charge in [-0.05, 0) is 56.2 Å². The molecule has 0 fully saturated rings. The first-order valence-corrected chi connectivity index (χ1v) is 12.5. The second-order valence-corrected chi connectivity index (χ2v) is 8.34. The highest BCUT2D eigenvalue weighted by Crippen LogP contribution is 2.28. The zero-order chi connectivity index (χ0) is 24.2. The Morgan fingerprint density at radius 3 is 2.21 bits per heavy atom. The second kappa shape index (κ2) is 19.0. The van der Waals surface area contributed by atoms with Crippen molar-refractivity contribution in [2.75, 3.05) is 7.11 Å². The summed E-state index contributed by atoms with van der Waals surface area (Å²) >= 11 is 0. The van der Waals surface area contributed by atoms with Crippen LogP contribution in [0.1, 0.15) is 96.5 Å². The van der Waals surface area contributed by atoms with Crippen LogP contribution < -0.4 is 14.8 Å². The number of allylic oxidation sites excluding steroid dienone is 4. The van der Waals surface area contributed by atoms with Crippen molar-refractivity contribution < 1.29 is 19.1 Å². The third-order valence-corrected chi connectivity index (χ3v) is 5.33. The molecule has 0 saturated heterocycles. The average Bonchev–Trinajstić information content (AvgIpc) is 2.80.